The summed E-state index contributed by atoms with van der Waals surface area (Å²) in [4.78, 5) is 41.8. The van der Waals surface area contributed by atoms with E-state index < -0.39 is 40.1 Å². The Morgan fingerprint density at radius 1 is 1.12 bits per heavy atom. The second-order valence-corrected chi connectivity index (χ2v) is 11.9. The molecule has 2 aliphatic heterocycles. The Bertz CT molecular complexity index is 1390. The van der Waals surface area contributed by atoms with E-state index >= 15 is 0 Å². The van der Waals surface area contributed by atoms with Crippen LogP contribution >= 0.6 is 0 Å². The molecule has 0 radical (unpaired) electrons. The molecule has 42 heavy (non-hydrogen) atoms. The number of anilines is 1. The second-order valence-electron chi connectivity index (χ2n) is 10.0. The molecule has 2 aromatic rings. The minimum atomic E-state index is -4.05. The van der Waals surface area contributed by atoms with Crippen molar-refractivity contribution in [2.24, 2.45) is 4.99 Å². The van der Waals surface area contributed by atoms with Gasteiger partial charge >= 0.3 is 5.97 Å². The van der Waals surface area contributed by atoms with Crippen LogP contribution in [0.4, 0.5) is 5.69 Å². The van der Waals surface area contributed by atoms with Gasteiger partial charge in [0.05, 0.1) is 17.5 Å². The number of amides is 2. The van der Waals surface area contributed by atoms with E-state index in [-0.39, 0.29) is 24.0 Å². The third-order valence-electron chi connectivity index (χ3n) is 6.93. The van der Waals surface area contributed by atoms with Crippen molar-refractivity contribution in [1.82, 2.24) is 20.3 Å². The molecule has 0 spiro atoms. The SMILES string of the molecule is CC1OCN(S(=O)(=O)c2ccccc2)[C@@H]1C(=O)N[C@@H](Cc1ccc(NC(=O)CCCCNC2=NCCN2)cc1)C(=O)O. The number of guanidine groups is 1. The van der Waals surface area contributed by atoms with Crippen molar-refractivity contribution < 1.29 is 32.6 Å². The summed E-state index contributed by atoms with van der Waals surface area (Å²) in [6.07, 6.45) is 1.05. The number of hydrogen-bond acceptors (Lipinski definition) is 9. The van der Waals surface area contributed by atoms with Crippen LogP contribution in [0.5, 0.6) is 0 Å². The lowest BCUT2D eigenvalue weighted by Gasteiger charge is -2.25. The van der Waals surface area contributed by atoms with Crippen LogP contribution in [0.1, 0.15) is 31.7 Å². The highest BCUT2D eigenvalue weighted by molar-refractivity contribution is 7.89. The maximum Gasteiger partial charge on any atom is 0.326 e. The molecule has 2 aromatic carbocycles. The van der Waals surface area contributed by atoms with E-state index in [0.717, 1.165) is 36.3 Å². The lowest BCUT2D eigenvalue weighted by molar-refractivity contribution is -0.142. The summed E-state index contributed by atoms with van der Waals surface area (Å²) in [5.41, 5.74) is 1.18. The van der Waals surface area contributed by atoms with Gasteiger partial charge in [0.15, 0.2) is 5.96 Å². The van der Waals surface area contributed by atoms with Crippen molar-refractivity contribution in [3.8, 4) is 0 Å². The van der Waals surface area contributed by atoms with Crippen LogP contribution in [0.2, 0.25) is 0 Å². The number of unbranched alkanes of at least 4 members (excludes halogenated alkanes) is 1. The quantitative estimate of drug-likeness (QED) is 0.209. The molecule has 2 heterocycles. The molecular weight excluding hydrogens is 564 g/mol. The zero-order valence-electron chi connectivity index (χ0n) is 23.3. The van der Waals surface area contributed by atoms with E-state index in [4.69, 9.17) is 4.74 Å². The Morgan fingerprint density at radius 2 is 1.86 bits per heavy atom. The number of aliphatic imine (C=N–C) groups is 1. The summed E-state index contributed by atoms with van der Waals surface area (Å²) < 4.78 is 32.7. The lowest BCUT2D eigenvalue weighted by Crippen LogP contribution is -2.54. The Labute approximate surface area is 244 Å². The molecule has 0 saturated carbocycles. The van der Waals surface area contributed by atoms with Crippen LogP contribution in [-0.2, 0) is 35.6 Å². The molecule has 4 rings (SSSR count). The van der Waals surface area contributed by atoms with Gasteiger partial charge in [-0.2, -0.15) is 4.31 Å². The Balaban J connectivity index is 1.29. The van der Waals surface area contributed by atoms with Gasteiger partial charge in [-0.25, -0.2) is 13.2 Å². The number of aliphatic carboxylic acids is 1. The average Bonchev–Trinajstić information content (AvgIpc) is 3.64. The average molecular weight is 601 g/mol. The van der Waals surface area contributed by atoms with E-state index in [2.05, 4.69) is 26.3 Å². The predicted octanol–water partition coefficient (Wildman–Crippen LogP) is 0.892. The van der Waals surface area contributed by atoms with Crippen LogP contribution in [-0.4, -0.2) is 86.1 Å². The second kappa shape index (κ2) is 14.2. The fourth-order valence-corrected chi connectivity index (χ4v) is 6.20. The summed E-state index contributed by atoms with van der Waals surface area (Å²) in [7, 11) is -4.05. The smallest absolute Gasteiger partial charge is 0.326 e. The Morgan fingerprint density at radius 3 is 2.52 bits per heavy atom. The number of carboxylic acid groups (broad SMARTS) is 1. The molecule has 0 aromatic heterocycles. The molecule has 13 nitrogen and oxygen atoms in total. The first-order chi connectivity index (χ1) is 20.1. The number of hydrogen-bond donors (Lipinski definition) is 5. The van der Waals surface area contributed by atoms with Crippen LogP contribution in [0.25, 0.3) is 0 Å². The highest BCUT2D eigenvalue weighted by Gasteiger charge is 2.45. The zero-order chi connectivity index (χ0) is 30.1. The first-order valence-corrected chi connectivity index (χ1v) is 15.2. The van der Waals surface area contributed by atoms with E-state index in [1.165, 1.54) is 12.1 Å². The number of carboxylic acids is 1. The first-order valence-electron chi connectivity index (χ1n) is 13.8. The standard InChI is InChI=1S/C28H36N6O7S/c1-19-25(34(18-41-19)42(39,40)22-7-3-2-4-8-22)26(36)33-23(27(37)38)17-20-10-12-21(13-11-20)32-24(35)9-5-6-14-29-28-30-15-16-31-28/h2-4,7-8,10-13,19,23,25H,5-6,9,14-18H2,1H3,(H,32,35)(H,33,36)(H,37,38)(H2,29,30,31)/t19?,23-,25-/m0/s1. The van der Waals surface area contributed by atoms with E-state index in [1.54, 1.807) is 49.4 Å². The number of sulfonamides is 1. The van der Waals surface area contributed by atoms with Gasteiger partial charge in [-0.05, 0) is 49.6 Å². The molecule has 14 heteroatoms. The molecule has 0 bridgehead atoms. The zero-order valence-corrected chi connectivity index (χ0v) is 24.1. The molecule has 5 N–H and O–H groups in total. The topological polar surface area (TPSA) is 179 Å². The van der Waals surface area contributed by atoms with Crippen molar-refractivity contribution in [2.75, 3.05) is 31.7 Å². The van der Waals surface area contributed by atoms with Gasteiger partial charge in [0.1, 0.15) is 18.8 Å². The molecule has 3 atom stereocenters. The fourth-order valence-electron chi connectivity index (χ4n) is 4.66. The maximum atomic E-state index is 13.2. The highest BCUT2D eigenvalue weighted by Crippen LogP contribution is 2.26. The van der Waals surface area contributed by atoms with Gasteiger partial charge in [-0.3, -0.25) is 14.6 Å². The minimum Gasteiger partial charge on any atom is -0.480 e. The molecule has 1 saturated heterocycles. The Hall–Kier alpha value is -4.01. The maximum absolute atomic E-state index is 13.2. The highest BCUT2D eigenvalue weighted by atomic mass is 32.2. The van der Waals surface area contributed by atoms with Crippen LogP contribution < -0.4 is 21.3 Å². The summed E-state index contributed by atoms with van der Waals surface area (Å²) >= 11 is 0. The largest absolute Gasteiger partial charge is 0.480 e. The van der Waals surface area contributed by atoms with Gasteiger partial charge in [-0.15, -0.1) is 0 Å². The molecule has 0 aliphatic carbocycles. The van der Waals surface area contributed by atoms with Crippen molar-refractivity contribution in [2.45, 2.75) is 55.7 Å². The third kappa shape index (κ3) is 8.05. The van der Waals surface area contributed by atoms with E-state index in [9.17, 15) is 27.9 Å². The Kier molecular flexibility index (Phi) is 10.5. The van der Waals surface area contributed by atoms with Crippen molar-refractivity contribution >= 4 is 39.5 Å². The van der Waals surface area contributed by atoms with E-state index in [0.29, 0.717) is 24.1 Å². The van der Waals surface area contributed by atoms with Gasteiger partial charge in [0.2, 0.25) is 21.8 Å². The third-order valence-corrected chi connectivity index (χ3v) is 8.75. The number of ether oxygens (including phenoxy) is 1. The number of nitrogens with one attached hydrogen (secondary N) is 4. The van der Waals surface area contributed by atoms with Gasteiger partial charge in [0, 0.05) is 31.6 Å². The lowest BCUT2D eigenvalue weighted by atomic mass is 10.0. The number of benzene rings is 2. The number of carbonyl (C=O) groups excluding carboxylic acids is 2. The van der Waals surface area contributed by atoms with E-state index in [1.807, 2.05) is 0 Å². The van der Waals surface area contributed by atoms with Gasteiger partial charge in [-0.1, -0.05) is 30.3 Å². The summed E-state index contributed by atoms with van der Waals surface area (Å²) in [5.74, 6) is -1.37. The summed E-state index contributed by atoms with van der Waals surface area (Å²) in [6, 6.07) is 11.8. The molecule has 1 fully saturated rings. The molecule has 2 aliphatic rings. The van der Waals surface area contributed by atoms with Crippen molar-refractivity contribution in [3.63, 3.8) is 0 Å². The molecular formula is C28H36N6O7S. The van der Waals surface area contributed by atoms with Crippen LogP contribution in [0, 0.1) is 0 Å². The summed E-state index contributed by atoms with van der Waals surface area (Å²) in [6.45, 7) is 3.57. The fraction of sp³-hybridized carbons (Fsp3) is 0.429. The van der Waals surface area contributed by atoms with Gasteiger partial charge in [0.25, 0.3) is 0 Å². The van der Waals surface area contributed by atoms with Crippen LogP contribution in [0.15, 0.2) is 64.5 Å². The molecule has 2 amide bonds. The first kappa shape index (κ1) is 30.9. The monoisotopic (exact) mass is 600 g/mol. The van der Waals surface area contributed by atoms with Crippen LogP contribution in [0.3, 0.4) is 0 Å². The van der Waals surface area contributed by atoms with Gasteiger partial charge < -0.3 is 31.1 Å². The molecule has 1 unspecified atom stereocenters. The number of nitrogens with zero attached hydrogens (tertiary/aromatic N) is 2. The van der Waals surface area contributed by atoms with Crippen molar-refractivity contribution in [1.29, 1.82) is 0 Å². The number of carbonyl (C=O) groups is 3. The van der Waals surface area contributed by atoms with Crippen molar-refractivity contribution in [3.05, 3.63) is 60.2 Å². The normalized spacial score (nSPS) is 19.4. The molecule has 226 valence electrons. The predicted molar refractivity (Wildman–Crippen MR) is 155 cm³/mol. The summed E-state index contributed by atoms with van der Waals surface area (Å²) in [5, 5.41) is 21.4. The number of rotatable bonds is 13. The minimum absolute atomic E-state index is 0.00627.